The van der Waals surface area contributed by atoms with Crippen molar-refractivity contribution in [2.75, 3.05) is 0 Å². The van der Waals surface area contributed by atoms with E-state index in [1.165, 1.54) is 32.7 Å². The van der Waals surface area contributed by atoms with Gasteiger partial charge in [0.25, 0.3) is 0 Å². The number of nitrogens with zero attached hydrogens (tertiary/aromatic N) is 4. The lowest BCUT2D eigenvalue weighted by atomic mass is 10.1. The van der Waals surface area contributed by atoms with Crippen LogP contribution < -0.4 is 0 Å². The van der Waals surface area contributed by atoms with Crippen LogP contribution in [-0.2, 0) is 0 Å². The summed E-state index contributed by atoms with van der Waals surface area (Å²) in [6.07, 6.45) is 0. The Morgan fingerprint density at radius 3 is 1.44 bits per heavy atom. The van der Waals surface area contributed by atoms with Crippen molar-refractivity contribution in [3.63, 3.8) is 0 Å². The maximum absolute atomic E-state index is 5.32. The molecule has 0 saturated heterocycles. The smallest absolute Gasteiger partial charge is 0.162 e. The van der Waals surface area contributed by atoms with Gasteiger partial charge in [-0.25, -0.2) is 9.97 Å². The standard InChI is InChI=1S/C46H30N4/c1-4-14-31(15-5-1)32-24-26-35(27-25-32)49-41-22-12-10-20-36(41)38-28-29-39-37-21-11-13-23-42(37)50(45(39)44(38)49)43-30-40(33-16-6-2-7-17-33)47-46(48-43)34-18-8-3-9-19-34/h1-30H. The van der Waals surface area contributed by atoms with Gasteiger partial charge in [-0.05, 0) is 35.4 Å². The molecular formula is C46H30N4. The molecule has 4 nitrogen and oxygen atoms in total. The molecule has 0 atom stereocenters. The summed E-state index contributed by atoms with van der Waals surface area (Å²) in [7, 11) is 0. The fraction of sp³-hybridized carbons (Fsp3) is 0. The van der Waals surface area contributed by atoms with E-state index in [-0.39, 0.29) is 0 Å². The molecule has 3 heterocycles. The molecule has 234 valence electrons. The van der Waals surface area contributed by atoms with E-state index < -0.39 is 0 Å². The van der Waals surface area contributed by atoms with Crippen molar-refractivity contribution in [2.45, 2.75) is 0 Å². The van der Waals surface area contributed by atoms with E-state index in [4.69, 9.17) is 9.97 Å². The van der Waals surface area contributed by atoms with Gasteiger partial charge in [-0.1, -0.05) is 152 Å². The van der Waals surface area contributed by atoms with Gasteiger partial charge in [0.05, 0.1) is 27.8 Å². The lowest BCUT2D eigenvalue weighted by Gasteiger charge is -2.14. The number of rotatable bonds is 5. The number of para-hydroxylation sites is 2. The summed E-state index contributed by atoms with van der Waals surface area (Å²) in [5.41, 5.74) is 10.9. The summed E-state index contributed by atoms with van der Waals surface area (Å²) in [5.74, 6) is 1.52. The molecular weight excluding hydrogens is 609 g/mol. The molecule has 0 saturated carbocycles. The fourth-order valence-corrected chi connectivity index (χ4v) is 7.46. The molecule has 0 aliphatic heterocycles. The van der Waals surface area contributed by atoms with Gasteiger partial charge in [0, 0.05) is 44.4 Å². The third-order valence-electron chi connectivity index (χ3n) is 9.74. The minimum atomic E-state index is 0.692. The molecule has 0 bridgehead atoms. The van der Waals surface area contributed by atoms with Crippen molar-refractivity contribution in [1.82, 2.24) is 19.1 Å². The van der Waals surface area contributed by atoms with E-state index in [0.717, 1.165) is 50.4 Å². The fourth-order valence-electron chi connectivity index (χ4n) is 7.46. The maximum atomic E-state index is 5.32. The van der Waals surface area contributed by atoms with Crippen molar-refractivity contribution in [3.8, 4) is 45.3 Å². The van der Waals surface area contributed by atoms with Gasteiger partial charge in [-0.2, -0.15) is 0 Å². The van der Waals surface area contributed by atoms with Crippen LogP contribution in [0.5, 0.6) is 0 Å². The monoisotopic (exact) mass is 638 g/mol. The first kappa shape index (κ1) is 28.3. The third kappa shape index (κ3) is 4.46. The van der Waals surface area contributed by atoms with E-state index >= 15 is 0 Å². The summed E-state index contributed by atoms with van der Waals surface area (Å²) < 4.78 is 4.77. The molecule has 0 amide bonds. The molecule has 4 heteroatoms. The van der Waals surface area contributed by atoms with Gasteiger partial charge in [-0.15, -0.1) is 0 Å². The highest BCUT2D eigenvalue weighted by Gasteiger charge is 2.22. The molecule has 0 spiro atoms. The predicted octanol–water partition coefficient (Wildman–Crippen LogP) is 11.7. The highest BCUT2D eigenvalue weighted by Crippen LogP contribution is 2.42. The molecule has 50 heavy (non-hydrogen) atoms. The van der Waals surface area contributed by atoms with Crippen LogP contribution >= 0.6 is 0 Å². The Balaban J connectivity index is 1.32. The highest BCUT2D eigenvalue weighted by molar-refractivity contribution is 6.23. The van der Waals surface area contributed by atoms with Crippen LogP contribution in [0.4, 0.5) is 0 Å². The zero-order valence-electron chi connectivity index (χ0n) is 27.1. The van der Waals surface area contributed by atoms with Crippen LogP contribution in [0.15, 0.2) is 182 Å². The van der Waals surface area contributed by atoms with Crippen LogP contribution in [0.2, 0.25) is 0 Å². The Kier molecular flexibility index (Phi) is 6.46. The Morgan fingerprint density at radius 2 is 0.820 bits per heavy atom. The molecule has 0 aliphatic rings. The van der Waals surface area contributed by atoms with Gasteiger partial charge in [0.2, 0.25) is 0 Å². The number of aromatic nitrogens is 4. The first-order valence-electron chi connectivity index (χ1n) is 16.9. The van der Waals surface area contributed by atoms with Gasteiger partial charge < -0.3 is 4.57 Å². The molecule has 0 unspecified atom stereocenters. The predicted molar refractivity (Wildman–Crippen MR) is 207 cm³/mol. The van der Waals surface area contributed by atoms with Crippen molar-refractivity contribution in [1.29, 1.82) is 0 Å². The SMILES string of the molecule is c1ccc(-c2ccc(-n3c4ccccc4c4ccc5c6ccccc6n(-c6cc(-c7ccccc7)nc(-c7ccccc7)n6)c5c43)cc2)cc1. The van der Waals surface area contributed by atoms with Gasteiger partial charge in [0.1, 0.15) is 5.82 Å². The lowest BCUT2D eigenvalue weighted by molar-refractivity contribution is 1.05. The Hall–Kier alpha value is -6.78. The quantitative estimate of drug-likeness (QED) is 0.188. The van der Waals surface area contributed by atoms with Crippen molar-refractivity contribution in [2.24, 2.45) is 0 Å². The van der Waals surface area contributed by atoms with E-state index in [0.29, 0.717) is 5.82 Å². The molecule has 0 aliphatic carbocycles. The lowest BCUT2D eigenvalue weighted by Crippen LogP contribution is -2.04. The highest BCUT2D eigenvalue weighted by atomic mass is 15.1. The second-order valence-corrected chi connectivity index (χ2v) is 12.6. The Labute approximate surface area is 289 Å². The van der Waals surface area contributed by atoms with Crippen molar-refractivity contribution >= 4 is 43.6 Å². The second-order valence-electron chi connectivity index (χ2n) is 12.6. The largest absolute Gasteiger partial charge is 0.307 e. The molecule has 0 N–H and O–H groups in total. The van der Waals surface area contributed by atoms with Gasteiger partial charge >= 0.3 is 0 Å². The van der Waals surface area contributed by atoms with E-state index in [2.05, 4.69) is 167 Å². The van der Waals surface area contributed by atoms with Gasteiger partial charge in [-0.3, -0.25) is 4.57 Å². The van der Waals surface area contributed by atoms with E-state index in [1.54, 1.807) is 0 Å². The molecule has 0 fully saturated rings. The number of hydrogen-bond acceptors (Lipinski definition) is 2. The first-order chi connectivity index (χ1) is 24.8. The van der Waals surface area contributed by atoms with E-state index in [9.17, 15) is 0 Å². The zero-order valence-corrected chi connectivity index (χ0v) is 27.1. The minimum Gasteiger partial charge on any atom is -0.307 e. The third-order valence-corrected chi connectivity index (χ3v) is 9.74. The second kappa shape index (κ2) is 11.4. The molecule has 3 aromatic heterocycles. The average molecular weight is 639 g/mol. The summed E-state index contributed by atoms with van der Waals surface area (Å²) in [6.45, 7) is 0. The Bertz CT molecular complexity index is 2770. The van der Waals surface area contributed by atoms with Crippen molar-refractivity contribution < 1.29 is 0 Å². The molecule has 7 aromatic carbocycles. The molecule has 10 rings (SSSR count). The number of hydrogen-bond donors (Lipinski definition) is 0. The van der Waals surface area contributed by atoms with Crippen LogP contribution in [0.1, 0.15) is 0 Å². The van der Waals surface area contributed by atoms with Gasteiger partial charge in [0.15, 0.2) is 5.82 Å². The summed E-state index contributed by atoms with van der Waals surface area (Å²) in [5, 5.41) is 4.77. The van der Waals surface area contributed by atoms with Crippen LogP contribution in [0.25, 0.3) is 88.9 Å². The Morgan fingerprint density at radius 1 is 0.340 bits per heavy atom. The van der Waals surface area contributed by atoms with Crippen LogP contribution in [0.3, 0.4) is 0 Å². The van der Waals surface area contributed by atoms with Crippen LogP contribution in [-0.4, -0.2) is 19.1 Å². The molecule has 10 aromatic rings. The normalized spacial score (nSPS) is 11.6. The molecule has 0 radical (unpaired) electrons. The minimum absolute atomic E-state index is 0.692. The summed E-state index contributed by atoms with van der Waals surface area (Å²) in [6, 6.07) is 64.2. The number of fused-ring (bicyclic) bond motifs is 7. The summed E-state index contributed by atoms with van der Waals surface area (Å²) >= 11 is 0. The number of benzene rings is 7. The van der Waals surface area contributed by atoms with Crippen molar-refractivity contribution in [3.05, 3.63) is 182 Å². The van der Waals surface area contributed by atoms with Crippen LogP contribution in [0, 0.1) is 0 Å². The zero-order chi connectivity index (χ0) is 33.0. The maximum Gasteiger partial charge on any atom is 0.162 e. The first-order valence-corrected chi connectivity index (χ1v) is 16.9. The van der Waals surface area contributed by atoms with E-state index in [1.807, 2.05) is 24.3 Å². The average Bonchev–Trinajstić information content (AvgIpc) is 3.72. The summed E-state index contributed by atoms with van der Waals surface area (Å²) in [4.78, 5) is 10.4. The topological polar surface area (TPSA) is 35.6 Å².